The van der Waals surface area contributed by atoms with Crippen molar-refractivity contribution in [1.82, 2.24) is 10.2 Å². The van der Waals surface area contributed by atoms with Gasteiger partial charge in [0.2, 0.25) is 11.8 Å². The Morgan fingerprint density at radius 1 is 1.10 bits per heavy atom. The molecule has 0 aliphatic carbocycles. The standard InChI is InChI=1S/C23H29ClN2O3S/c1-16(2)25-23(28)17(3)26(13-19-6-5-7-20(24)12-19)22(27)15-30-14-18-8-10-21(29-4)11-9-18/h5-12,16-17H,13-15H2,1-4H3,(H,25,28). The summed E-state index contributed by atoms with van der Waals surface area (Å²) in [5, 5.41) is 3.49. The van der Waals surface area contributed by atoms with Gasteiger partial charge in [0.25, 0.3) is 0 Å². The van der Waals surface area contributed by atoms with Crippen molar-refractivity contribution < 1.29 is 14.3 Å². The van der Waals surface area contributed by atoms with Gasteiger partial charge in [-0.1, -0.05) is 35.9 Å². The minimum atomic E-state index is -0.583. The summed E-state index contributed by atoms with van der Waals surface area (Å²) in [6, 6.07) is 14.6. The second-order valence-electron chi connectivity index (χ2n) is 7.33. The van der Waals surface area contributed by atoms with E-state index in [4.69, 9.17) is 16.3 Å². The van der Waals surface area contributed by atoms with E-state index in [1.165, 1.54) is 11.8 Å². The number of amides is 2. The second kappa shape index (κ2) is 11.9. The molecular weight excluding hydrogens is 420 g/mol. The van der Waals surface area contributed by atoms with E-state index in [0.29, 0.717) is 17.3 Å². The van der Waals surface area contributed by atoms with E-state index in [9.17, 15) is 9.59 Å². The summed E-state index contributed by atoms with van der Waals surface area (Å²) in [7, 11) is 1.63. The molecule has 0 aromatic heterocycles. The van der Waals surface area contributed by atoms with Crippen molar-refractivity contribution in [3.05, 3.63) is 64.7 Å². The molecule has 0 bridgehead atoms. The third-order valence-electron chi connectivity index (χ3n) is 4.49. The van der Waals surface area contributed by atoms with Crippen molar-refractivity contribution in [2.75, 3.05) is 12.9 Å². The van der Waals surface area contributed by atoms with Crippen LogP contribution in [-0.4, -0.2) is 41.7 Å². The van der Waals surface area contributed by atoms with Crippen LogP contribution in [0.3, 0.4) is 0 Å². The smallest absolute Gasteiger partial charge is 0.242 e. The fraction of sp³-hybridized carbons (Fsp3) is 0.391. The maximum Gasteiger partial charge on any atom is 0.242 e. The molecule has 2 amide bonds. The number of carbonyl (C=O) groups excluding carboxylic acids is 2. The Morgan fingerprint density at radius 3 is 2.40 bits per heavy atom. The van der Waals surface area contributed by atoms with E-state index >= 15 is 0 Å². The van der Waals surface area contributed by atoms with Crippen LogP contribution in [0.25, 0.3) is 0 Å². The zero-order valence-corrected chi connectivity index (χ0v) is 19.4. The van der Waals surface area contributed by atoms with E-state index in [-0.39, 0.29) is 23.6 Å². The molecule has 1 atom stereocenters. The molecule has 0 saturated carbocycles. The van der Waals surface area contributed by atoms with E-state index in [1.807, 2.05) is 56.3 Å². The summed E-state index contributed by atoms with van der Waals surface area (Å²) in [4.78, 5) is 27.2. The van der Waals surface area contributed by atoms with Crippen molar-refractivity contribution >= 4 is 35.2 Å². The van der Waals surface area contributed by atoms with Crippen LogP contribution in [0.4, 0.5) is 0 Å². The van der Waals surface area contributed by atoms with E-state index in [2.05, 4.69) is 5.32 Å². The highest BCUT2D eigenvalue weighted by atomic mass is 35.5. The summed E-state index contributed by atoms with van der Waals surface area (Å²) in [5.74, 6) is 1.54. The molecule has 7 heteroatoms. The minimum Gasteiger partial charge on any atom is -0.497 e. The van der Waals surface area contributed by atoms with Crippen molar-refractivity contribution in [1.29, 1.82) is 0 Å². The van der Waals surface area contributed by atoms with Crippen LogP contribution in [0.5, 0.6) is 5.75 Å². The predicted octanol–water partition coefficient (Wildman–Crippen LogP) is 4.52. The van der Waals surface area contributed by atoms with E-state index < -0.39 is 6.04 Å². The zero-order chi connectivity index (χ0) is 22.1. The molecule has 0 spiro atoms. The van der Waals surface area contributed by atoms with Gasteiger partial charge in [0.1, 0.15) is 11.8 Å². The quantitative estimate of drug-likeness (QED) is 0.580. The molecule has 2 aromatic rings. The highest BCUT2D eigenvalue weighted by molar-refractivity contribution is 7.99. The minimum absolute atomic E-state index is 0.00696. The lowest BCUT2D eigenvalue weighted by Gasteiger charge is -2.29. The maximum atomic E-state index is 13.0. The summed E-state index contributed by atoms with van der Waals surface area (Å²) in [6.07, 6.45) is 0. The highest BCUT2D eigenvalue weighted by Gasteiger charge is 2.26. The van der Waals surface area contributed by atoms with Gasteiger partial charge in [0.15, 0.2) is 0 Å². The van der Waals surface area contributed by atoms with Crippen molar-refractivity contribution in [2.45, 2.75) is 45.2 Å². The number of rotatable bonds is 10. The van der Waals surface area contributed by atoms with E-state index in [0.717, 1.165) is 16.9 Å². The van der Waals surface area contributed by atoms with Gasteiger partial charge >= 0.3 is 0 Å². The molecule has 2 rings (SSSR count). The summed E-state index contributed by atoms with van der Waals surface area (Å²) < 4.78 is 5.17. The third-order valence-corrected chi connectivity index (χ3v) is 5.72. The fourth-order valence-electron chi connectivity index (χ4n) is 2.88. The molecule has 0 saturated heterocycles. The van der Waals surface area contributed by atoms with Crippen LogP contribution in [0.2, 0.25) is 5.02 Å². The number of methoxy groups -OCH3 is 1. The lowest BCUT2D eigenvalue weighted by Crippen LogP contribution is -2.49. The normalized spacial score (nSPS) is 11.8. The second-order valence-corrected chi connectivity index (χ2v) is 8.75. The average Bonchev–Trinajstić information content (AvgIpc) is 2.71. The number of hydrogen-bond donors (Lipinski definition) is 1. The number of thioether (sulfide) groups is 1. The molecular formula is C23H29ClN2O3S. The lowest BCUT2D eigenvalue weighted by molar-refractivity contribution is -0.138. The fourth-order valence-corrected chi connectivity index (χ4v) is 3.96. The van der Waals surface area contributed by atoms with Crippen LogP contribution in [0, 0.1) is 0 Å². The van der Waals surface area contributed by atoms with Gasteiger partial charge in [0.05, 0.1) is 12.9 Å². The Labute approximate surface area is 188 Å². The molecule has 0 heterocycles. The molecule has 162 valence electrons. The van der Waals surface area contributed by atoms with Gasteiger partial charge in [-0.15, -0.1) is 11.8 Å². The number of benzene rings is 2. The van der Waals surface area contributed by atoms with Gasteiger partial charge in [0, 0.05) is 23.4 Å². The first-order valence-corrected chi connectivity index (χ1v) is 11.4. The Hall–Kier alpha value is -2.18. The van der Waals surface area contributed by atoms with Crippen LogP contribution in [0.1, 0.15) is 31.9 Å². The van der Waals surface area contributed by atoms with Gasteiger partial charge in [-0.25, -0.2) is 0 Å². The Balaban J connectivity index is 2.05. The number of halogens is 1. The number of nitrogens with zero attached hydrogens (tertiary/aromatic N) is 1. The monoisotopic (exact) mass is 448 g/mol. The first-order valence-electron chi connectivity index (χ1n) is 9.85. The van der Waals surface area contributed by atoms with Crippen LogP contribution in [0.15, 0.2) is 48.5 Å². The van der Waals surface area contributed by atoms with Gasteiger partial charge < -0.3 is 15.0 Å². The predicted molar refractivity (Wildman–Crippen MR) is 124 cm³/mol. The Kier molecular flexibility index (Phi) is 9.53. The topological polar surface area (TPSA) is 58.6 Å². The molecule has 0 fully saturated rings. The highest BCUT2D eigenvalue weighted by Crippen LogP contribution is 2.19. The van der Waals surface area contributed by atoms with Crippen molar-refractivity contribution in [3.63, 3.8) is 0 Å². The van der Waals surface area contributed by atoms with Crippen LogP contribution in [-0.2, 0) is 21.9 Å². The molecule has 0 radical (unpaired) electrons. The first-order chi connectivity index (χ1) is 14.3. The summed E-state index contributed by atoms with van der Waals surface area (Å²) >= 11 is 7.62. The lowest BCUT2D eigenvalue weighted by atomic mass is 10.1. The van der Waals surface area contributed by atoms with Crippen molar-refractivity contribution in [3.8, 4) is 5.75 Å². The van der Waals surface area contributed by atoms with Gasteiger partial charge in [-0.2, -0.15) is 0 Å². The summed E-state index contributed by atoms with van der Waals surface area (Å²) in [5.41, 5.74) is 2.00. The first kappa shape index (κ1) is 24.1. The number of carbonyl (C=O) groups is 2. The number of ether oxygens (including phenoxy) is 1. The molecule has 2 aromatic carbocycles. The molecule has 1 unspecified atom stereocenters. The SMILES string of the molecule is COc1ccc(CSCC(=O)N(Cc2cccc(Cl)c2)C(C)C(=O)NC(C)C)cc1. The van der Waals surface area contributed by atoms with Crippen LogP contribution < -0.4 is 10.1 Å². The van der Waals surface area contributed by atoms with Gasteiger partial charge in [-0.3, -0.25) is 9.59 Å². The molecule has 0 aliphatic heterocycles. The molecule has 30 heavy (non-hydrogen) atoms. The van der Waals surface area contributed by atoms with Crippen molar-refractivity contribution in [2.24, 2.45) is 0 Å². The molecule has 5 nitrogen and oxygen atoms in total. The van der Waals surface area contributed by atoms with Gasteiger partial charge in [-0.05, 0) is 56.2 Å². The average molecular weight is 449 g/mol. The van der Waals surface area contributed by atoms with E-state index in [1.54, 1.807) is 25.0 Å². The Bertz CT molecular complexity index is 843. The molecule has 1 N–H and O–H groups in total. The Morgan fingerprint density at radius 2 is 1.80 bits per heavy atom. The number of nitrogens with one attached hydrogen (secondary N) is 1. The maximum absolute atomic E-state index is 13.0. The molecule has 0 aliphatic rings. The largest absolute Gasteiger partial charge is 0.497 e. The number of hydrogen-bond acceptors (Lipinski definition) is 4. The summed E-state index contributed by atoms with van der Waals surface area (Å²) in [6.45, 7) is 5.89. The third kappa shape index (κ3) is 7.58. The zero-order valence-electron chi connectivity index (χ0n) is 17.9. The van der Waals surface area contributed by atoms with Crippen LogP contribution >= 0.6 is 23.4 Å².